The Morgan fingerprint density at radius 1 is 1.27 bits per heavy atom. The van der Waals surface area contributed by atoms with E-state index >= 15 is 0 Å². The summed E-state index contributed by atoms with van der Waals surface area (Å²) in [5.41, 5.74) is 3.12. The lowest BCUT2D eigenvalue weighted by Gasteiger charge is -2.19. The summed E-state index contributed by atoms with van der Waals surface area (Å²) in [5.74, 6) is 0.00429. The lowest BCUT2D eigenvalue weighted by atomic mass is 10.1. The summed E-state index contributed by atoms with van der Waals surface area (Å²) >= 11 is 0. The highest BCUT2D eigenvalue weighted by Gasteiger charge is 2.12. The van der Waals surface area contributed by atoms with Crippen LogP contribution in [0.15, 0.2) is 42.9 Å². The molecule has 0 unspecified atom stereocenters. The maximum absolute atomic E-state index is 12.1. The fraction of sp³-hybridized carbons (Fsp3) is 0.353. The van der Waals surface area contributed by atoms with Crippen LogP contribution in [0.1, 0.15) is 29.8 Å². The van der Waals surface area contributed by atoms with Crippen molar-refractivity contribution in [1.82, 2.24) is 20.2 Å². The highest BCUT2D eigenvalue weighted by molar-refractivity contribution is 5.78. The van der Waals surface area contributed by atoms with E-state index in [2.05, 4.69) is 15.3 Å². The Morgan fingerprint density at radius 3 is 2.64 bits per heavy atom. The Bertz CT molecular complexity index is 598. The average molecular weight is 298 g/mol. The molecule has 5 nitrogen and oxygen atoms in total. The molecule has 0 aromatic carbocycles. The van der Waals surface area contributed by atoms with E-state index in [-0.39, 0.29) is 11.9 Å². The number of hydrogen-bond acceptors (Lipinski definition) is 4. The third-order valence-corrected chi connectivity index (χ3v) is 3.43. The van der Waals surface area contributed by atoms with Crippen molar-refractivity contribution in [2.24, 2.45) is 0 Å². The van der Waals surface area contributed by atoms with E-state index in [1.165, 1.54) is 0 Å². The number of aromatic nitrogens is 2. The smallest absolute Gasteiger partial charge is 0.234 e. The molecule has 5 heteroatoms. The van der Waals surface area contributed by atoms with E-state index in [0.717, 1.165) is 23.4 Å². The van der Waals surface area contributed by atoms with Gasteiger partial charge in [0.05, 0.1) is 12.6 Å². The molecule has 22 heavy (non-hydrogen) atoms. The minimum absolute atomic E-state index is 0.00429. The van der Waals surface area contributed by atoms with E-state index in [4.69, 9.17) is 0 Å². The average Bonchev–Trinajstić information content (AvgIpc) is 2.48. The lowest BCUT2D eigenvalue weighted by Crippen LogP contribution is -2.36. The van der Waals surface area contributed by atoms with Crippen LogP contribution in [0.4, 0.5) is 0 Å². The summed E-state index contributed by atoms with van der Waals surface area (Å²) in [6.45, 7) is 4.98. The van der Waals surface area contributed by atoms with Crippen LogP contribution in [0, 0.1) is 6.92 Å². The van der Waals surface area contributed by atoms with Crippen LogP contribution in [0.25, 0.3) is 0 Å². The molecule has 2 rings (SSSR count). The molecule has 0 saturated heterocycles. The van der Waals surface area contributed by atoms with Crippen LogP contribution in [0.3, 0.4) is 0 Å². The van der Waals surface area contributed by atoms with Gasteiger partial charge in [-0.3, -0.25) is 19.7 Å². The molecule has 0 aliphatic carbocycles. The second-order valence-electron chi connectivity index (χ2n) is 5.55. The zero-order valence-electron chi connectivity index (χ0n) is 13.3. The summed E-state index contributed by atoms with van der Waals surface area (Å²) < 4.78 is 0. The van der Waals surface area contributed by atoms with Gasteiger partial charge in [0.25, 0.3) is 0 Å². The predicted octanol–water partition coefficient (Wildman–Crippen LogP) is 2.09. The second-order valence-corrected chi connectivity index (χ2v) is 5.55. The number of carbonyl (C=O) groups excluding carboxylic acids is 1. The molecular formula is C17H22N4O. The van der Waals surface area contributed by atoms with Gasteiger partial charge in [-0.2, -0.15) is 0 Å². The number of rotatable bonds is 6. The van der Waals surface area contributed by atoms with Crippen LogP contribution in [0.2, 0.25) is 0 Å². The van der Waals surface area contributed by atoms with Crippen LogP contribution in [-0.4, -0.2) is 34.4 Å². The molecule has 0 bridgehead atoms. The van der Waals surface area contributed by atoms with Crippen molar-refractivity contribution < 1.29 is 4.79 Å². The number of carbonyl (C=O) groups is 1. The fourth-order valence-electron chi connectivity index (χ4n) is 2.21. The molecule has 0 radical (unpaired) electrons. The van der Waals surface area contributed by atoms with E-state index in [0.29, 0.717) is 6.54 Å². The van der Waals surface area contributed by atoms with Gasteiger partial charge in [-0.1, -0.05) is 6.07 Å². The molecule has 2 aromatic rings. The van der Waals surface area contributed by atoms with Crippen LogP contribution < -0.4 is 5.32 Å². The first kappa shape index (κ1) is 16.1. The number of nitrogens with zero attached hydrogens (tertiary/aromatic N) is 3. The fourth-order valence-corrected chi connectivity index (χ4v) is 2.21. The van der Waals surface area contributed by atoms with E-state index < -0.39 is 0 Å². The van der Waals surface area contributed by atoms with E-state index in [1.54, 1.807) is 18.6 Å². The van der Waals surface area contributed by atoms with Crippen molar-refractivity contribution in [3.05, 3.63) is 59.7 Å². The first-order valence-electron chi connectivity index (χ1n) is 7.34. The van der Waals surface area contributed by atoms with Crippen LogP contribution in [-0.2, 0) is 11.3 Å². The Labute approximate surface area is 131 Å². The maximum atomic E-state index is 12.1. The Balaban J connectivity index is 1.83. The van der Waals surface area contributed by atoms with Gasteiger partial charge >= 0.3 is 0 Å². The Hall–Kier alpha value is -2.27. The SMILES string of the molecule is Cc1ccc([C@H](C)NC(=O)CN(C)Cc2ccncc2)cn1. The summed E-state index contributed by atoms with van der Waals surface area (Å²) in [6, 6.07) is 7.81. The van der Waals surface area contributed by atoms with Crippen LogP contribution in [0.5, 0.6) is 0 Å². The molecule has 0 saturated carbocycles. The molecule has 2 aromatic heterocycles. The largest absolute Gasteiger partial charge is 0.348 e. The molecule has 1 atom stereocenters. The molecule has 0 fully saturated rings. The van der Waals surface area contributed by atoms with Crippen molar-refractivity contribution >= 4 is 5.91 Å². The van der Waals surface area contributed by atoms with Gasteiger partial charge in [0.1, 0.15) is 0 Å². The van der Waals surface area contributed by atoms with Crippen molar-refractivity contribution in [3.63, 3.8) is 0 Å². The molecular weight excluding hydrogens is 276 g/mol. The number of pyridine rings is 2. The van der Waals surface area contributed by atoms with E-state index in [1.807, 2.05) is 50.1 Å². The first-order valence-corrected chi connectivity index (χ1v) is 7.34. The summed E-state index contributed by atoms with van der Waals surface area (Å²) in [4.78, 5) is 22.3. The third kappa shape index (κ3) is 4.93. The highest BCUT2D eigenvalue weighted by atomic mass is 16.2. The van der Waals surface area contributed by atoms with Gasteiger partial charge in [0.2, 0.25) is 5.91 Å². The third-order valence-electron chi connectivity index (χ3n) is 3.43. The van der Waals surface area contributed by atoms with E-state index in [9.17, 15) is 4.79 Å². The normalized spacial score (nSPS) is 12.2. The zero-order chi connectivity index (χ0) is 15.9. The topological polar surface area (TPSA) is 58.1 Å². The van der Waals surface area contributed by atoms with Gasteiger partial charge in [0, 0.05) is 30.8 Å². The molecule has 116 valence electrons. The molecule has 0 aliphatic rings. The summed E-state index contributed by atoms with van der Waals surface area (Å²) in [6.07, 6.45) is 5.33. The monoisotopic (exact) mass is 298 g/mol. The summed E-state index contributed by atoms with van der Waals surface area (Å²) in [5, 5.41) is 3.00. The highest BCUT2D eigenvalue weighted by Crippen LogP contribution is 2.11. The van der Waals surface area contributed by atoms with Gasteiger partial charge in [-0.15, -0.1) is 0 Å². The van der Waals surface area contributed by atoms with Gasteiger partial charge in [0.15, 0.2) is 0 Å². The van der Waals surface area contributed by atoms with Gasteiger partial charge in [-0.25, -0.2) is 0 Å². The number of amides is 1. The number of aryl methyl sites for hydroxylation is 1. The number of hydrogen-bond donors (Lipinski definition) is 1. The number of nitrogens with one attached hydrogen (secondary N) is 1. The Kier molecular flexibility index (Phi) is 5.61. The Morgan fingerprint density at radius 2 is 2.00 bits per heavy atom. The van der Waals surface area contributed by atoms with Crippen molar-refractivity contribution in [2.75, 3.05) is 13.6 Å². The molecule has 1 N–H and O–H groups in total. The van der Waals surface area contributed by atoms with Crippen molar-refractivity contribution in [1.29, 1.82) is 0 Å². The minimum atomic E-state index is -0.0464. The molecule has 0 aliphatic heterocycles. The van der Waals surface area contributed by atoms with Crippen molar-refractivity contribution in [3.8, 4) is 0 Å². The lowest BCUT2D eigenvalue weighted by molar-refractivity contribution is -0.122. The number of likely N-dealkylation sites (N-methyl/N-ethyl adjacent to an activating group) is 1. The standard InChI is InChI=1S/C17H22N4O/c1-13-4-5-16(10-19-13)14(2)20-17(22)12-21(3)11-15-6-8-18-9-7-15/h4-10,14H,11-12H2,1-3H3,(H,20,22)/t14-/m0/s1. The minimum Gasteiger partial charge on any atom is -0.348 e. The maximum Gasteiger partial charge on any atom is 0.234 e. The van der Waals surface area contributed by atoms with Gasteiger partial charge < -0.3 is 5.32 Å². The molecule has 0 spiro atoms. The van der Waals surface area contributed by atoms with Crippen LogP contribution >= 0.6 is 0 Å². The summed E-state index contributed by atoms with van der Waals surface area (Å²) in [7, 11) is 1.93. The van der Waals surface area contributed by atoms with Crippen molar-refractivity contribution in [2.45, 2.75) is 26.4 Å². The zero-order valence-corrected chi connectivity index (χ0v) is 13.3. The predicted molar refractivity (Wildman–Crippen MR) is 86.1 cm³/mol. The van der Waals surface area contributed by atoms with Gasteiger partial charge in [-0.05, 0) is 50.2 Å². The molecule has 2 heterocycles. The molecule has 1 amide bonds. The first-order chi connectivity index (χ1) is 10.5. The second kappa shape index (κ2) is 7.66. The quantitative estimate of drug-likeness (QED) is 0.887.